The van der Waals surface area contributed by atoms with Gasteiger partial charge in [0.2, 0.25) is 0 Å². The van der Waals surface area contributed by atoms with E-state index < -0.39 is 0 Å². The van der Waals surface area contributed by atoms with Crippen molar-refractivity contribution in [2.75, 3.05) is 19.6 Å². The lowest BCUT2D eigenvalue weighted by molar-refractivity contribution is 0.0770. The highest BCUT2D eigenvalue weighted by Crippen LogP contribution is 2.37. The summed E-state index contributed by atoms with van der Waals surface area (Å²) in [5.41, 5.74) is 7.88. The van der Waals surface area contributed by atoms with Crippen molar-refractivity contribution >= 4 is 5.91 Å². The second-order valence-corrected chi connectivity index (χ2v) is 5.92. The summed E-state index contributed by atoms with van der Waals surface area (Å²) < 4.78 is 0. The Labute approximate surface area is 122 Å². The van der Waals surface area contributed by atoms with E-state index in [0.29, 0.717) is 12.0 Å². The van der Waals surface area contributed by atoms with Crippen molar-refractivity contribution in [3.63, 3.8) is 0 Å². The molecule has 20 heavy (non-hydrogen) atoms. The standard InChI is InChI=1S/C17H26N2O/c1-3-17(4-2)10-12-19(13-17)16(20)15-7-5-14(6-8-15)9-11-18/h5-8H,3-4,9-13,18H2,1-2H3. The molecule has 0 aromatic heterocycles. The third-order valence-corrected chi connectivity index (χ3v) is 4.86. The molecule has 0 unspecified atom stereocenters. The Morgan fingerprint density at radius 3 is 2.40 bits per heavy atom. The second-order valence-electron chi connectivity index (χ2n) is 5.92. The summed E-state index contributed by atoms with van der Waals surface area (Å²) in [5, 5.41) is 0. The van der Waals surface area contributed by atoms with E-state index in [1.54, 1.807) is 0 Å². The van der Waals surface area contributed by atoms with Crippen molar-refractivity contribution in [1.29, 1.82) is 0 Å². The SMILES string of the molecule is CCC1(CC)CCN(C(=O)c2ccc(CCN)cc2)C1. The van der Waals surface area contributed by atoms with Crippen molar-refractivity contribution in [2.45, 2.75) is 39.5 Å². The second kappa shape index (κ2) is 6.40. The lowest BCUT2D eigenvalue weighted by Crippen LogP contribution is -2.31. The number of hydrogen-bond acceptors (Lipinski definition) is 2. The number of nitrogens with zero attached hydrogens (tertiary/aromatic N) is 1. The summed E-state index contributed by atoms with van der Waals surface area (Å²) >= 11 is 0. The molecule has 1 aromatic rings. The monoisotopic (exact) mass is 274 g/mol. The van der Waals surface area contributed by atoms with Gasteiger partial charge in [0.25, 0.3) is 5.91 Å². The highest BCUT2D eigenvalue weighted by molar-refractivity contribution is 5.94. The predicted octanol–water partition coefficient (Wildman–Crippen LogP) is 2.84. The van der Waals surface area contributed by atoms with E-state index in [-0.39, 0.29) is 5.91 Å². The number of hydrogen-bond donors (Lipinski definition) is 1. The number of carbonyl (C=O) groups excluding carboxylic acids is 1. The minimum atomic E-state index is 0.174. The normalized spacial score (nSPS) is 17.4. The van der Waals surface area contributed by atoms with Crippen LogP contribution in [0.5, 0.6) is 0 Å². The molecule has 1 amide bonds. The maximum absolute atomic E-state index is 12.5. The Balaban J connectivity index is 2.05. The number of rotatable bonds is 5. The third-order valence-electron chi connectivity index (χ3n) is 4.86. The van der Waals surface area contributed by atoms with E-state index in [9.17, 15) is 4.79 Å². The zero-order valence-corrected chi connectivity index (χ0v) is 12.7. The largest absolute Gasteiger partial charge is 0.338 e. The van der Waals surface area contributed by atoms with Gasteiger partial charge < -0.3 is 10.6 Å². The first-order valence-corrected chi connectivity index (χ1v) is 7.72. The summed E-state index contributed by atoms with van der Waals surface area (Å²) in [6.07, 6.45) is 4.31. The molecule has 3 nitrogen and oxygen atoms in total. The van der Waals surface area contributed by atoms with Crippen LogP contribution >= 0.6 is 0 Å². The Hall–Kier alpha value is -1.35. The number of amides is 1. The van der Waals surface area contributed by atoms with Gasteiger partial charge in [0.1, 0.15) is 0 Å². The third kappa shape index (κ3) is 3.04. The minimum Gasteiger partial charge on any atom is -0.338 e. The molecule has 110 valence electrons. The molecule has 0 bridgehead atoms. The average molecular weight is 274 g/mol. The predicted molar refractivity (Wildman–Crippen MR) is 82.7 cm³/mol. The summed E-state index contributed by atoms with van der Waals surface area (Å²) in [5.74, 6) is 0.174. The van der Waals surface area contributed by atoms with E-state index in [2.05, 4.69) is 13.8 Å². The van der Waals surface area contributed by atoms with Gasteiger partial charge >= 0.3 is 0 Å². The first kappa shape index (κ1) is 15.0. The highest BCUT2D eigenvalue weighted by atomic mass is 16.2. The van der Waals surface area contributed by atoms with Crippen molar-refractivity contribution in [1.82, 2.24) is 4.90 Å². The van der Waals surface area contributed by atoms with E-state index in [1.807, 2.05) is 29.2 Å². The maximum atomic E-state index is 12.5. The molecule has 1 aromatic carbocycles. The van der Waals surface area contributed by atoms with Crippen molar-refractivity contribution in [3.05, 3.63) is 35.4 Å². The Kier molecular flexibility index (Phi) is 4.81. The molecule has 0 aliphatic carbocycles. The molecule has 1 aliphatic heterocycles. The van der Waals surface area contributed by atoms with Gasteiger partial charge in [-0.05, 0) is 55.3 Å². The van der Waals surface area contributed by atoms with Crippen molar-refractivity contribution < 1.29 is 4.79 Å². The van der Waals surface area contributed by atoms with E-state index in [1.165, 1.54) is 5.56 Å². The maximum Gasteiger partial charge on any atom is 0.253 e. The number of nitrogens with two attached hydrogens (primary N) is 1. The van der Waals surface area contributed by atoms with Crippen LogP contribution in [-0.4, -0.2) is 30.4 Å². The molecule has 1 heterocycles. The smallest absolute Gasteiger partial charge is 0.253 e. The molecule has 0 spiro atoms. The Bertz CT molecular complexity index is 449. The van der Waals surface area contributed by atoms with Crippen LogP contribution in [-0.2, 0) is 6.42 Å². The molecule has 1 aliphatic rings. The van der Waals surface area contributed by atoms with Crippen LogP contribution in [0.4, 0.5) is 0 Å². The van der Waals surface area contributed by atoms with Gasteiger partial charge in [0.05, 0.1) is 0 Å². The van der Waals surface area contributed by atoms with E-state index in [0.717, 1.165) is 44.3 Å². The fourth-order valence-corrected chi connectivity index (χ4v) is 3.10. The van der Waals surface area contributed by atoms with Crippen LogP contribution < -0.4 is 5.73 Å². The van der Waals surface area contributed by atoms with E-state index >= 15 is 0 Å². The zero-order chi connectivity index (χ0) is 14.6. The summed E-state index contributed by atoms with van der Waals surface area (Å²) in [6.45, 7) is 6.92. The first-order chi connectivity index (χ1) is 9.64. The van der Waals surface area contributed by atoms with Crippen LogP contribution in [0.1, 0.15) is 49.0 Å². The fraction of sp³-hybridized carbons (Fsp3) is 0.588. The number of benzene rings is 1. The molecule has 0 saturated carbocycles. The molecule has 1 saturated heterocycles. The molecule has 3 heteroatoms. The number of likely N-dealkylation sites (tertiary alicyclic amines) is 1. The van der Waals surface area contributed by atoms with E-state index in [4.69, 9.17) is 5.73 Å². The van der Waals surface area contributed by atoms with Gasteiger partial charge in [0, 0.05) is 18.7 Å². The van der Waals surface area contributed by atoms with Gasteiger partial charge in [-0.1, -0.05) is 26.0 Å². The van der Waals surface area contributed by atoms with Crippen molar-refractivity contribution in [3.8, 4) is 0 Å². The molecule has 0 atom stereocenters. The summed E-state index contributed by atoms with van der Waals surface area (Å²) in [4.78, 5) is 14.6. The minimum absolute atomic E-state index is 0.174. The van der Waals surface area contributed by atoms with Crippen LogP contribution in [0.25, 0.3) is 0 Å². The van der Waals surface area contributed by atoms with Crippen LogP contribution in [0.2, 0.25) is 0 Å². The van der Waals surface area contributed by atoms with Gasteiger partial charge in [-0.2, -0.15) is 0 Å². The summed E-state index contributed by atoms with van der Waals surface area (Å²) in [7, 11) is 0. The molecule has 0 radical (unpaired) electrons. The summed E-state index contributed by atoms with van der Waals surface area (Å²) in [6, 6.07) is 7.91. The van der Waals surface area contributed by atoms with Gasteiger partial charge in [-0.3, -0.25) is 4.79 Å². The topological polar surface area (TPSA) is 46.3 Å². The van der Waals surface area contributed by atoms with Crippen molar-refractivity contribution in [2.24, 2.45) is 11.1 Å². The first-order valence-electron chi connectivity index (χ1n) is 7.72. The zero-order valence-electron chi connectivity index (χ0n) is 12.7. The average Bonchev–Trinajstić information content (AvgIpc) is 2.93. The van der Waals surface area contributed by atoms with Gasteiger partial charge in [0.15, 0.2) is 0 Å². The quantitative estimate of drug-likeness (QED) is 0.897. The fourth-order valence-electron chi connectivity index (χ4n) is 3.10. The molecule has 2 rings (SSSR count). The van der Waals surface area contributed by atoms with Crippen LogP contribution in [0.3, 0.4) is 0 Å². The Morgan fingerprint density at radius 2 is 1.90 bits per heavy atom. The Morgan fingerprint density at radius 1 is 1.25 bits per heavy atom. The van der Waals surface area contributed by atoms with Crippen LogP contribution in [0, 0.1) is 5.41 Å². The van der Waals surface area contributed by atoms with Gasteiger partial charge in [-0.15, -0.1) is 0 Å². The highest BCUT2D eigenvalue weighted by Gasteiger charge is 2.37. The lowest BCUT2D eigenvalue weighted by atomic mass is 9.82. The van der Waals surface area contributed by atoms with Crippen LogP contribution in [0.15, 0.2) is 24.3 Å². The van der Waals surface area contributed by atoms with Gasteiger partial charge in [-0.25, -0.2) is 0 Å². The molecule has 1 fully saturated rings. The number of carbonyl (C=O) groups is 1. The molecular weight excluding hydrogens is 248 g/mol. The lowest BCUT2D eigenvalue weighted by Gasteiger charge is -2.26. The molecule has 2 N–H and O–H groups in total. The molecular formula is C17H26N2O.